The molecule has 1 rings (SSSR count). The molecule has 0 aliphatic carbocycles. The van der Waals surface area contributed by atoms with Crippen molar-refractivity contribution < 1.29 is 24.2 Å². The molecule has 0 spiro atoms. The molecule has 0 aliphatic heterocycles. The number of aliphatic carboxylic acids is 1. The quantitative estimate of drug-likeness (QED) is 0.605. The smallest absolute Gasteiger partial charge is 0.326 e. The number of hydrogen-bond acceptors (Lipinski definition) is 4. The summed E-state index contributed by atoms with van der Waals surface area (Å²) in [6.45, 7) is 1.83. The Bertz CT molecular complexity index is 559. The zero-order valence-electron chi connectivity index (χ0n) is 11.7. The summed E-state index contributed by atoms with van der Waals surface area (Å²) in [4.78, 5) is 33.5. The number of benzene rings is 1. The second kappa shape index (κ2) is 7.13. The number of amides is 3. The number of ether oxygens (including phenoxy) is 1. The first-order chi connectivity index (χ1) is 9.83. The minimum Gasteiger partial charge on any atom is -0.495 e. The van der Waals surface area contributed by atoms with Gasteiger partial charge in [0.05, 0.1) is 19.2 Å². The molecule has 1 unspecified atom stereocenters. The first kappa shape index (κ1) is 16.3. The van der Waals surface area contributed by atoms with Crippen molar-refractivity contribution >= 4 is 23.6 Å². The van der Waals surface area contributed by atoms with Gasteiger partial charge in [-0.2, -0.15) is 0 Å². The Morgan fingerprint density at radius 2 is 2.05 bits per heavy atom. The van der Waals surface area contributed by atoms with Crippen molar-refractivity contribution in [2.45, 2.75) is 19.4 Å². The molecule has 0 aromatic heterocycles. The lowest BCUT2D eigenvalue weighted by atomic mass is 10.2. The predicted octanol–water partition coefficient (Wildman–Crippen LogP) is 0.454. The number of carbonyl (C=O) groups excluding carboxylic acids is 2. The number of nitrogens with two attached hydrogens (primary N) is 1. The third-order valence-electron chi connectivity index (χ3n) is 2.61. The van der Waals surface area contributed by atoms with Gasteiger partial charge < -0.3 is 26.2 Å². The molecule has 8 heteroatoms. The number of hydrogen-bond donors (Lipinski definition) is 4. The van der Waals surface area contributed by atoms with Crippen molar-refractivity contribution in [2.24, 2.45) is 5.73 Å². The standard InChI is InChI=1S/C13H17N3O5/c1-7-3-4-10(21-2)8(5-7)15-13(20)16-9(12(18)19)6-11(14)17/h3-5,9H,6H2,1-2H3,(H2,14,17)(H,18,19)(H2,15,16,20). The van der Waals surface area contributed by atoms with Crippen LogP contribution in [0.15, 0.2) is 18.2 Å². The van der Waals surface area contributed by atoms with Crippen molar-refractivity contribution in [1.82, 2.24) is 5.32 Å². The molecule has 0 saturated heterocycles. The first-order valence-electron chi connectivity index (χ1n) is 6.06. The van der Waals surface area contributed by atoms with Gasteiger partial charge in [-0.1, -0.05) is 6.07 Å². The fourth-order valence-corrected chi connectivity index (χ4v) is 1.64. The average Bonchev–Trinajstić information content (AvgIpc) is 2.37. The zero-order chi connectivity index (χ0) is 16.0. The largest absolute Gasteiger partial charge is 0.495 e. The highest BCUT2D eigenvalue weighted by Crippen LogP contribution is 2.24. The summed E-state index contributed by atoms with van der Waals surface area (Å²) in [5.74, 6) is -1.74. The van der Waals surface area contributed by atoms with E-state index >= 15 is 0 Å². The second-order valence-electron chi connectivity index (χ2n) is 4.36. The maximum atomic E-state index is 11.8. The van der Waals surface area contributed by atoms with Gasteiger partial charge in [0.1, 0.15) is 11.8 Å². The highest BCUT2D eigenvalue weighted by atomic mass is 16.5. The van der Waals surface area contributed by atoms with Gasteiger partial charge in [0.2, 0.25) is 5.91 Å². The van der Waals surface area contributed by atoms with Crippen LogP contribution in [-0.4, -0.2) is 36.2 Å². The number of rotatable bonds is 6. The van der Waals surface area contributed by atoms with E-state index < -0.39 is 30.4 Å². The topological polar surface area (TPSA) is 131 Å². The number of urea groups is 1. The summed E-state index contributed by atoms with van der Waals surface area (Å²) >= 11 is 0. The van der Waals surface area contributed by atoms with E-state index in [1.807, 2.05) is 6.92 Å². The Labute approximate surface area is 121 Å². The fourth-order valence-electron chi connectivity index (χ4n) is 1.64. The predicted molar refractivity (Wildman–Crippen MR) is 75.1 cm³/mol. The van der Waals surface area contributed by atoms with Gasteiger partial charge in [-0.15, -0.1) is 0 Å². The third kappa shape index (κ3) is 5.01. The number of nitrogens with one attached hydrogen (secondary N) is 2. The first-order valence-corrected chi connectivity index (χ1v) is 6.06. The molecule has 1 aromatic carbocycles. The SMILES string of the molecule is COc1ccc(C)cc1NC(=O)NC(CC(N)=O)C(=O)O. The molecule has 1 atom stereocenters. The molecule has 5 N–H and O–H groups in total. The van der Waals surface area contributed by atoms with Crippen molar-refractivity contribution in [2.75, 3.05) is 12.4 Å². The van der Waals surface area contributed by atoms with E-state index in [0.29, 0.717) is 11.4 Å². The van der Waals surface area contributed by atoms with E-state index in [4.69, 9.17) is 15.6 Å². The highest BCUT2D eigenvalue weighted by Gasteiger charge is 2.22. The summed E-state index contributed by atoms with van der Waals surface area (Å²) in [6.07, 6.45) is -0.492. The zero-order valence-corrected chi connectivity index (χ0v) is 11.7. The molecule has 0 radical (unpaired) electrons. The van der Waals surface area contributed by atoms with Crippen LogP contribution in [0.1, 0.15) is 12.0 Å². The number of anilines is 1. The lowest BCUT2D eigenvalue weighted by Crippen LogP contribution is -2.45. The molecular weight excluding hydrogens is 278 g/mol. The Kier molecular flexibility index (Phi) is 5.53. The summed E-state index contributed by atoms with van der Waals surface area (Å²) in [5.41, 5.74) is 6.21. The Balaban J connectivity index is 2.78. The van der Waals surface area contributed by atoms with Crippen molar-refractivity contribution in [3.8, 4) is 5.75 Å². The molecule has 21 heavy (non-hydrogen) atoms. The van der Waals surface area contributed by atoms with Gasteiger partial charge in [-0.25, -0.2) is 9.59 Å². The fraction of sp³-hybridized carbons (Fsp3) is 0.308. The average molecular weight is 295 g/mol. The van der Waals surface area contributed by atoms with Crippen molar-refractivity contribution in [1.29, 1.82) is 0 Å². The van der Waals surface area contributed by atoms with Crippen molar-refractivity contribution in [3.05, 3.63) is 23.8 Å². The molecule has 8 nitrogen and oxygen atoms in total. The third-order valence-corrected chi connectivity index (χ3v) is 2.61. The van der Waals surface area contributed by atoms with Gasteiger partial charge in [-0.05, 0) is 24.6 Å². The van der Waals surface area contributed by atoms with Gasteiger partial charge in [0, 0.05) is 0 Å². The number of methoxy groups -OCH3 is 1. The van der Waals surface area contributed by atoms with Crippen LogP contribution in [0.4, 0.5) is 10.5 Å². The summed E-state index contributed by atoms with van der Waals surface area (Å²) < 4.78 is 5.09. The summed E-state index contributed by atoms with van der Waals surface area (Å²) in [5, 5.41) is 13.5. The lowest BCUT2D eigenvalue weighted by Gasteiger charge is -2.15. The highest BCUT2D eigenvalue weighted by molar-refractivity contribution is 5.94. The van der Waals surface area contributed by atoms with Crippen LogP contribution in [0, 0.1) is 6.92 Å². The maximum absolute atomic E-state index is 11.8. The van der Waals surface area contributed by atoms with E-state index in [9.17, 15) is 14.4 Å². The summed E-state index contributed by atoms with van der Waals surface area (Å²) in [7, 11) is 1.45. The lowest BCUT2D eigenvalue weighted by molar-refractivity contribution is -0.140. The molecular formula is C13H17N3O5. The minimum atomic E-state index is -1.39. The van der Waals surface area contributed by atoms with E-state index in [0.717, 1.165) is 5.56 Å². The number of aryl methyl sites for hydroxylation is 1. The number of carboxylic acids is 1. The number of carbonyl (C=O) groups is 3. The Hall–Kier alpha value is -2.77. The van der Waals surface area contributed by atoms with E-state index in [-0.39, 0.29) is 0 Å². The van der Waals surface area contributed by atoms with E-state index in [1.165, 1.54) is 7.11 Å². The molecule has 114 valence electrons. The van der Waals surface area contributed by atoms with Crippen LogP contribution in [0.5, 0.6) is 5.75 Å². The monoisotopic (exact) mass is 295 g/mol. The second-order valence-corrected chi connectivity index (χ2v) is 4.36. The van der Waals surface area contributed by atoms with Gasteiger partial charge in [0.15, 0.2) is 0 Å². The van der Waals surface area contributed by atoms with Crippen LogP contribution in [0.2, 0.25) is 0 Å². The summed E-state index contributed by atoms with van der Waals surface area (Å²) in [6, 6.07) is 2.98. The molecule has 0 fully saturated rings. The van der Waals surface area contributed by atoms with Crippen LogP contribution in [-0.2, 0) is 9.59 Å². The number of primary amides is 1. The van der Waals surface area contributed by atoms with E-state index in [1.54, 1.807) is 18.2 Å². The Morgan fingerprint density at radius 1 is 1.38 bits per heavy atom. The van der Waals surface area contributed by atoms with Crippen LogP contribution >= 0.6 is 0 Å². The Morgan fingerprint density at radius 3 is 2.57 bits per heavy atom. The minimum absolute atomic E-state index is 0.387. The van der Waals surface area contributed by atoms with E-state index in [2.05, 4.69) is 10.6 Å². The molecule has 0 heterocycles. The molecule has 0 saturated carbocycles. The maximum Gasteiger partial charge on any atom is 0.326 e. The van der Waals surface area contributed by atoms with Crippen LogP contribution in [0.25, 0.3) is 0 Å². The molecule has 0 aliphatic rings. The molecule has 0 bridgehead atoms. The van der Waals surface area contributed by atoms with Gasteiger partial charge >= 0.3 is 12.0 Å². The van der Waals surface area contributed by atoms with Crippen molar-refractivity contribution in [3.63, 3.8) is 0 Å². The van der Waals surface area contributed by atoms with Gasteiger partial charge in [0.25, 0.3) is 0 Å². The van der Waals surface area contributed by atoms with Crippen LogP contribution < -0.4 is 21.1 Å². The molecule has 1 aromatic rings. The van der Waals surface area contributed by atoms with Gasteiger partial charge in [-0.3, -0.25) is 4.79 Å². The molecule has 3 amide bonds. The van der Waals surface area contributed by atoms with Crippen LogP contribution in [0.3, 0.4) is 0 Å². The normalized spacial score (nSPS) is 11.3. The number of carboxylic acid groups (broad SMARTS) is 1.